The van der Waals surface area contributed by atoms with Gasteiger partial charge in [0, 0.05) is 24.4 Å². The fourth-order valence-electron chi connectivity index (χ4n) is 4.32. The summed E-state index contributed by atoms with van der Waals surface area (Å²) in [5.74, 6) is -1.37. The molecule has 15 heteroatoms. The number of aromatic nitrogens is 2. The van der Waals surface area contributed by atoms with Gasteiger partial charge in [-0.1, -0.05) is 12.1 Å². The second-order valence-corrected chi connectivity index (χ2v) is 10.5. The van der Waals surface area contributed by atoms with Gasteiger partial charge in [-0.25, -0.2) is 9.59 Å². The number of alkyl carbamates (subject to hydrolysis) is 1. The Morgan fingerprint density at radius 3 is 2.43 bits per heavy atom. The molecule has 6 N–H and O–H groups in total. The van der Waals surface area contributed by atoms with E-state index >= 15 is 0 Å². The van der Waals surface area contributed by atoms with Crippen molar-refractivity contribution >= 4 is 13.7 Å². The van der Waals surface area contributed by atoms with Gasteiger partial charge in [-0.05, 0) is 37.8 Å². The van der Waals surface area contributed by atoms with Crippen molar-refractivity contribution in [2.75, 3.05) is 6.54 Å². The fraction of sp³-hybridized carbons (Fsp3) is 0.500. The van der Waals surface area contributed by atoms with Gasteiger partial charge in [0.25, 0.3) is 5.56 Å². The van der Waals surface area contributed by atoms with Crippen LogP contribution in [0.2, 0.25) is 0 Å². The second-order valence-electron chi connectivity index (χ2n) is 8.88. The highest BCUT2D eigenvalue weighted by Gasteiger charge is 2.44. The van der Waals surface area contributed by atoms with E-state index in [9.17, 15) is 38.9 Å². The number of ether oxygens (including phenoxy) is 3. The Bertz CT molecular complexity index is 1250. The van der Waals surface area contributed by atoms with Crippen molar-refractivity contribution in [2.45, 2.75) is 62.2 Å². The number of aliphatic hydroxyl groups excluding tert-OH is 2. The monoisotopic (exact) mass is 541 g/mol. The lowest BCUT2D eigenvalue weighted by atomic mass is 10.1. The Hall–Kier alpha value is -3.00. The highest BCUT2D eigenvalue weighted by atomic mass is 31.2. The summed E-state index contributed by atoms with van der Waals surface area (Å²) in [6.07, 6.45) is -1.64. The average Bonchev–Trinajstić information content (AvgIpc) is 3.45. The molecule has 1 saturated carbocycles. The van der Waals surface area contributed by atoms with Crippen molar-refractivity contribution in [1.29, 1.82) is 0 Å². The molecule has 5 atom stereocenters. The third kappa shape index (κ3) is 6.47. The van der Waals surface area contributed by atoms with E-state index in [-0.39, 0.29) is 11.7 Å². The van der Waals surface area contributed by atoms with Crippen LogP contribution in [0.15, 0.2) is 46.1 Å². The summed E-state index contributed by atoms with van der Waals surface area (Å²) in [6.45, 7) is -0.423. The molecule has 4 rings (SSSR count). The smallest absolute Gasteiger partial charge is 0.408 e. The Morgan fingerprint density at radius 2 is 1.81 bits per heavy atom. The lowest BCUT2D eigenvalue weighted by Crippen LogP contribution is -2.40. The number of benzene rings is 1. The first-order valence-corrected chi connectivity index (χ1v) is 13.3. The van der Waals surface area contributed by atoms with Crippen LogP contribution >= 0.6 is 7.60 Å². The van der Waals surface area contributed by atoms with Crippen molar-refractivity contribution in [3.8, 4) is 5.75 Å². The largest absolute Gasteiger partial charge is 0.490 e. The van der Waals surface area contributed by atoms with Crippen molar-refractivity contribution < 1.29 is 43.6 Å². The molecule has 1 amide bonds. The molecule has 0 spiro atoms. The number of H-pyrrole nitrogens is 1. The Morgan fingerprint density at radius 1 is 1.14 bits per heavy atom. The minimum absolute atomic E-state index is 0.0485. The number of carbonyl (C=O) groups is 1. The number of amides is 1. The minimum atomic E-state index is -4.94. The van der Waals surface area contributed by atoms with E-state index in [4.69, 9.17) is 14.2 Å². The van der Waals surface area contributed by atoms with Crippen LogP contribution in [0.4, 0.5) is 4.79 Å². The summed E-state index contributed by atoms with van der Waals surface area (Å²) >= 11 is 0. The maximum absolute atomic E-state index is 12.4. The average molecular weight is 541 g/mol. The van der Waals surface area contributed by atoms with Crippen molar-refractivity contribution in [2.24, 2.45) is 0 Å². The quantitative estimate of drug-likeness (QED) is 0.246. The van der Waals surface area contributed by atoms with Crippen LogP contribution in [0.25, 0.3) is 0 Å². The number of carbonyl (C=O) groups excluding carboxylic acids is 1. The van der Waals surface area contributed by atoms with Crippen LogP contribution in [-0.4, -0.2) is 66.6 Å². The van der Waals surface area contributed by atoms with Crippen LogP contribution in [-0.2, 0) is 14.0 Å². The maximum Gasteiger partial charge on any atom is 0.408 e. The van der Waals surface area contributed by atoms with Crippen LogP contribution in [0.1, 0.15) is 43.3 Å². The highest BCUT2D eigenvalue weighted by Crippen LogP contribution is 2.52. The lowest BCUT2D eigenvalue weighted by molar-refractivity contribution is -0.0391. The molecule has 1 aromatic carbocycles. The molecule has 1 aliphatic heterocycles. The van der Waals surface area contributed by atoms with Crippen LogP contribution in [0.5, 0.6) is 5.75 Å². The normalized spacial score (nSPS) is 25.1. The number of hydrogen-bond acceptors (Lipinski definition) is 9. The number of aliphatic hydroxyl groups is 2. The number of rotatable bonds is 8. The molecular weight excluding hydrogens is 513 g/mol. The van der Waals surface area contributed by atoms with Crippen molar-refractivity contribution in [1.82, 2.24) is 14.9 Å². The zero-order chi connectivity index (χ0) is 26.7. The Kier molecular flexibility index (Phi) is 8.17. The molecule has 2 aromatic rings. The molecule has 1 aliphatic carbocycles. The van der Waals surface area contributed by atoms with E-state index in [1.807, 2.05) is 4.98 Å². The van der Waals surface area contributed by atoms with E-state index in [1.54, 1.807) is 12.1 Å². The predicted octanol–water partition coefficient (Wildman–Crippen LogP) is 0.0799. The third-order valence-electron chi connectivity index (χ3n) is 6.20. The van der Waals surface area contributed by atoms with Gasteiger partial charge < -0.3 is 39.5 Å². The summed E-state index contributed by atoms with van der Waals surface area (Å²) in [5, 5.41) is 22.8. The summed E-state index contributed by atoms with van der Waals surface area (Å²) in [6, 6.07) is 6.91. The Labute approximate surface area is 210 Å². The molecule has 2 fully saturated rings. The molecule has 1 aromatic heterocycles. The fourth-order valence-corrected chi connectivity index (χ4v) is 5.12. The third-order valence-corrected chi connectivity index (χ3v) is 7.22. The molecule has 0 bridgehead atoms. The van der Waals surface area contributed by atoms with Gasteiger partial charge in [-0.3, -0.25) is 18.9 Å². The molecule has 14 nitrogen and oxygen atoms in total. The van der Waals surface area contributed by atoms with E-state index in [1.165, 1.54) is 12.1 Å². The molecule has 1 unspecified atom stereocenters. The lowest BCUT2D eigenvalue weighted by Gasteiger charge is -2.21. The highest BCUT2D eigenvalue weighted by molar-refractivity contribution is 7.52. The number of hydrogen-bond donors (Lipinski definition) is 6. The van der Waals surface area contributed by atoms with Crippen LogP contribution in [0.3, 0.4) is 0 Å². The summed E-state index contributed by atoms with van der Waals surface area (Å²) in [4.78, 5) is 57.1. The van der Waals surface area contributed by atoms with E-state index in [0.717, 1.165) is 42.5 Å². The zero-order valence-corrected chi connectivity index (χ0v) is 20.4. The van der Waals surface area contributed by atoms with Gasteiger partial charge in [0.1, 0.15) is 24.1 Å². The molecule has 37 heavy (non-hydrogen) atoms. The summed E-state index contributed by atoms with van der Waals surface area (Å²) < 4.78 is 29.2. The molecule has 0 radical (unpaired) electrons. The first kappa shape index (κ1) is 27.0. The molecule has 2 aliphatic rings. The van der Waals surface area contributed by atoms with E-state index in [2.05, 4.69) is 5.32 Å². The maximum atomic E-state index is 12.4. The molecular formula is C22H28N3O11P. The topological polar surface area (TPSA) is 210 Å². The SMILES string of the molecule is O=C(NC[C@H]1O[C@@H](n2ccc(=O)[nH]c2=O)[C@H](O)[C@@H]1O)OC(c1ccc(OC2CCCC2)cc1)P(=O)(O)O. The number of nitrogens with zero attached hydrogens (tertiary/aromatic N) is 1. The van der Waals surface area contributed by atoms with E-state index < -0.39 is 61.9 Å². The van der Waals surface area contributed by atoms with Crippen LogP contribution in [0, 0.1) is 0 Å². The van der Waals surface area contributed by atoms with Crippen LogP contribution < -0.4 is 21.3 Å². The molecule has 1 saturated heterocycles. The number of aromatic amines is 1. The van der Waals surface area contributed by atoms with Crippen molar-refractivity contribution in [3.05, 3.63) is 62.9 Å². The number of nitrogens with one attached hydrogen (secondary N) is 2. The first-order chi connectivity index (χ1) is 17.5. The van der Waals surface area contributed by atoms with Gasteiger partial charge in [-0.15, -0.1) is 0 Å². The molecule has 2 heterocycles. The first-order valence-electron chi connectivity index (χ1n) is 11.6. The van der Waals surface area contributed by atoms with Gasteiger partial charge >= 0.3 is 19.4 Å². The van der Waals surface area contributed by atoms with Gasteiger partial charge in [0.2, 0.25) is 5.85 Å². The van der Waals surface area contributed by atoms with Gasteiger partial charge in [-0.2, -0.15) is 0 Å². The standard InChI is InChI=1S/C22H28N3O11P/c26-16-9-10-25(21(29)24-16)19-18(28)17(27)15(35-19)11-23-22(30)36-20(37(31,32)33)12-5-7-14(8-6-12)34-13-3-1-2-4-13/h5-10,13,15,17-20,27-28H,1-4,11H2,(H,23,30)(H,24,26,29)(H2,31,32,33)/t15-,17-,18-,19-,20?/m1/s1. The minimum Gasteiger partial charge on any atom is -0.490 e. The Balaban J connectivity index is 1.37. The summed E-state index contributed by atoms with van der Waals surface area (Å²) in [5.41, 5.74) is -1.49. The zero-order valence-electron chi connectivity index (χ0n) is 19.5. The van der Waals surface area contributed by atoms with Gasteiger partial charge in [0.15, 0.2) is 6.23 Å². The van der Waals surface area contributed by atoms with E-state index in [0.29, 0.717) is 5.75 Å². The van der Waals surface area contributed by atoms with Gasteiger partial charge in [0.05, 0.1) is 6.10 Å². The van der Waals surface area contributed by atoms with Crippen molar-refractivity contribution in [3.63, 3.8) is 0 Å². The predicted molar refractivity (Wildman–Crippen MR) is 126 cm³/mol. The molecule has 202 valence electrons. The summed E-state index contributed by atoms with van der Waals surface area (Å²) in [7, 11) is -4.94. The second kappa shape index (κ2) is 11.2.